The van der Waals surface area contributed by atoms with Crippen molar-refractivity contribution < 1.29 is 4.57 Å². The van der Waals surface area contributed by atoms with Crippen LogP contribution in [0.25, 0.3) is 20.8 Å². The average molecular weight is 282 g/mol. The Morgan fingerprint density at radius 2 is 1.70 bits per heavy atom. The van der Waals surface area contributed by atoms with Crippen LogP contribution in [0.4, 0.5) is 0 Å². The van der Waals surface area contributed by atoms with Gasteiger partial charge in [-0.1, -0.05) is 43.4 Å². The maximum atomic E-state index is 2.30. The van der Waals surface area contributed by atoms with Crippen molar-refractivity contribution in [2.45, 2.75) is 26.7 Å². The minimum absolute atomic E-state index is 0.586. The predicted octanol–water partition coefficient (Wildman–Crippen LogP) is 4.82. The highest BCUT2D eigenvalue weighted by molar-refractivity contribution is 7.21. The number of thiazole rings is 1. The van der Waals surface area contributed by atoms with E-state index in [0.29, 0.717) is 5.92 Å². The zero-order valence-corrected chi connectivity index (χ0v) is 13.3. The molecule has 1 aromatic heterocycles. The third-order valence-electron chi connectivity index (χ3n) is 3.81. The second-order valence-electron chi connectivity index (χ2n) is 5.71. The summed E-state index contributed by atoms with van der Waals surface area (Å²) in [4.78, 5) is 0. The highest BCUT2D eigenvalue weighted by atomic mass is 32.1. The standard InChI is InChI=1S/C18H20NS/c1-12(2)14-6-8-15(9-7-14)18-19(4)16-10-5-13(3)11-17(16)20-18/h5-12H,1-4H3/q+1. The van der Waals surface area contributed by atoms with Gasteiger partial charge in [0, 0.05) is 6.07 Å². The van der Waals surface area contributed by atoms with Crippen LogP contribution in [0.2, 0.25) is 0 Å². The molecule has 0 atom stereocenters. The molecule has 0 spiro atoms. The van der Waals surface area contributed by atoms with Crippen LogP contribution in [0.15, 0.2) is 42.5 Å². The van der Waals surface area contributed by atoms with Crippen LogP contribution in [-0.4, -0.2) is 0 Å². The first-order chi connectivity index (χ1) is 9.56. The Kier molecular flexibility index (Phi) is 3.35. The third-order valence-corrected chi connectivity index (χ3v) is 5.06. The van der Waals surface area contributed by atoms with Crippen molar-refractivity contribution in [3.05, 3.63) is 53.6 Å². The largest absolute Gasteiger partial charge is 0.269 e. The van der Waals surface area contributed by atoms with Crippen LogP contribution in [0.1, 0.15) is 30.9 Å². The Hall–Kier alpha value is -1.67. The van der Waals surface area contributed by atoms with Gasteiger partial charge in [0.1, 0.15) is 11.7 Å². The lowest BCUT2D eigenvalue weighted by Gasteiger charge is -2.04. The summed E-state index contributed by atoms with van der Waals surface area (Å²) in [5.41, 5.74) is 5.33. The monoisotopic (exact) mass is 282 g/mol. The van der Waals surface area contributed by atoms with E-state index in [1.165, 1.54) is 31.9 Å². The van der Waals surface area contributed by atoms with Gasteiger partial charge in [-0.25, -0.2) is 0 Å². The molecule has 0 fully saturated rings. The summed E-state index contributed by atoms with van der Waals surface area (Å²) < 4.78 is 3.65. The van der Waals surface area contributed by atoms with Gasteiger partial charge >= 0.3 is 0 Å². The Balaban J connectivity index is 2.11. The van der Waals surface area contributed by atoms with E-state index in [1.807, 2.05) is 11.3 Å². The van der Waals surface area contributed by atoms with Gasteiger partial charge in [0.05, 0.1) is 5.56 Å². The smallest absolute Gasteiger partial charge is 0.184 e. The topological polar surface area (TPSA) is 3.88 Å². The predicted molar refractivity (Wildman–Crippen MR) is 87.3 cm³/mol. The molecule has 102 valence electrons. The molecular weight excluding hydrogens is 262 g/mol. The number of hydrogen-bond donors (Lipinski definition) is 0. The fraction of sp³-hybridized carbons (Fsp3) is 0.278. The molecule has 0 radical (unpaired) electrons. The SMILES string of the molecule is Cc1ccc2c(c1)sc(-c1ccc(C(C)C)cc1)[n+]2C. The van der Waals surface area contributed by atoms with E-state index in [9.17, 15) is 0 Å². The van der Waals surface area contributed by atoms with Crippen LogP contribution < -0.4 is 4.57 Å². The van der Waals surface area contributed by atoms with Gasteiger partial charge in [0.15, 0.2) is 0 Å². The quantitative estimate of drug-likeness (QED) is 0.593. The number of rotatable bonds is 2. The molecule has 0 N–H and O–H groups in total. The number of fused-ring (bicyclic) bond motifs is 1. The van der Waals surface area contributed by atoms with Gasteiger partial charge < -0.3 is 0 Å². The van der Waals surface area contributed by atoms with E-state index < -0.39 is 0 Å². The zero-order valence-electron chi connectivity index (χ0n) is 12.5. The van der Waals surface area contributed by atoms with Crippen LogP contribution >= 0.6 is 11.3 Å². The fourth-order valence-electron chi connectivity index (χ4n) is 2.53. The van der Waals surface area contributed by atoms with E-state index in [2.05, 4.69) is 74.9 Å². The van der Waals surface area contributed by atoms with Crippen molar-refractivity contribution >= 4 is 21.6 Å². The second kappa shape index (κ2) is 5.02. The Morgan fingerprint density at radius 1 is 1.00 bits per heavy atom. The molecule has 0 saturated heterocycles. The summed E-state index contributed by atoms with van der Waals surface area (Å²) in [5.74, 6) is 0.586. The number of hydrogen-bond acceptors (Lipinski definition) is 1. The molecule has 3 aromatic rings. The highest BCUT2D eigenvalue weighted by Crippen LogP contribution is 2.29. The van der Waals surface area contributed by atoms with Gasteiger partial charge in [-0.15, -0.1) is 0 Å². The molecule has 0 bridgehead atoms. The molecule has 0 aliphatic heterocycles. The molecule has 1 nitrogen and oxygen atoms in total. The normalized spacial score (nSPS) is 11.4. The average Bonchev–Trinajstić information content (AvgIpc) is 2.75. The summed E-state index contributed by atoms with van der Waals surface area (Å²) in [6, 6.07) is 15.6. The molecule has 0 unspecified atom stereocenters. The molecule has 20 heavy (non-hydrogen) atoms. The highest BCUT2D eigenvalue weighted by Gasteiger charge is 2.18. The lowest BCUT2D eigenvalue weighted by Crippen LogP contribution is -2.28. The Bertz CT molecular complexity index is 751. The van der Waals surface area contributed by atoms with Crippen LogP contribution in [0.5, 0.6) is 0 Å². The van der Waals surface area contributed by atoms with E-state index in [4.69, 9.17) is 0 Å². The molecular formula is C18H20NS+. The molecule has 2 aromatic carbocycles. The summed E-state index contributed by atoms with van der Waals surface area (Å²) in [6.07, 6.45) is 0. The first kappa shape index (κ1) is 13.3. The lowest BCUT2D eigenvalue weighted by molar-refractivity contribution is -0.629. The first-order valence-corrected chi connectivity index (χ1v) is 7.87. The molecule has 0 saturated carbocycles. The van der Waals surface area contributed by atoms with Crippen LogP contribution in [-0.2, 0) is 7.05 Å². The number of nitrogens with zero attached hydrogens (tertiary/aromatic N) is 1. The molecule has 0 amide bonds. The van der Waals surface area contributed by atoms with Crippen molar-refractivity contribution in [3.63, 3.8) is 0 Å². The lowest BCUT2D eigenvalue weighted by atomic mass is 10.0. The number of aryl methyl sites for hydroxylation is 2. The van der Waals surface area contributed by atoms with Gasteiger partial charge in [-0.3, -0.25) is 0 Å². The van der Waals surface area contributed by atoms with E-state index in [0.717, 1.165) is 0 Å². The zero-order chi connectivity index (χ0) is 14.3. The molecule has 0 aliphatic rings. The van der Waals surface area contributed by atoms with Crippen LogP contribution in [0, 0.1) is 6.92 Å². The van der Waals surface area contributed by atoms with Crippen molar-refractivity contribution in [1.82, 2.24) is 0 Å². The number of benzene rings is 2. The van der Waals surface area contributed by atoms with Gasteiger partial charge in [0.2, 0.25) is 5.52 Å². The summed E-state index contributed by atoms with van der Waals surface area (Å²) in [5, 5.41) is 1.32. The van der Waals surface area contributed by atoms with Gasteiger partial charge in [-0.05, 0) is 42.2 Å². The van der Waals surface area contributed by atoms with Crippen molar-refractivity contribution in [3.8, 4) is 10.6 Å². The van der Waals surface area contributed by atoms with Crippen molar-refractivity contribution in [2.75, 3.05) is 0 Å². The molecule has 2 heteroatoms. The minimum atomic E-state index is 0.586. The fourth-order valence-corrected chi connectivity index (χ4v) is 3.78. The number of aromatic nitrogens is 1. The Labute approximate surface area is 124 Å². The van der Waals surface area contributed by atoms with E-state index in [1.54, 1.807) is 0 Å². The maximum Gasteiger partial charge on any atom is 0.269 e. The molecule has 0 aliphatic carbocycles. The maximum absolute atomic E-state index is 2.30. The van der Waals surface area contributed by atoms with Crippen molar-refractivity contribution in [1.29, 1.82) is 0 Å². The third kappa shape index (κ3) is 2.25. The minimum Gasteiger partial charge on any atom is -0.184 e. The molecule has 3 rings (SSSR count). The van der Waals surface area contributed by atoms with E-state index in [-0.39, 0.29) is 0 Å². The first-order valence-electron chi connectivity index (χ1n) is 7.06. The Morgan fingerprint density at radius 3 is 2.35 bits per heavy atom. The van der Waals surface area contributed by atoms with Gasteiger partial charge in [0.25, 0.3) is 5.01 Å². The summed E-state index contributed by atoms with van der Waals surface area (Å²) in [7, 11) is 2.15. The van der Waals surface area contributed by atoms with Crippen LogP contribution in [0.3, 0.4) is 0 Å². The van der Waals surface area contributed by atoms with Crippen molar-refractivity contribution in [2.24, 2.45) is 7.05 Å². The molecule has 1 heterocycles. The van der Waals surface area contributed by atoms with E-state index >= 15 is 0 Å². The second-order valence-corrected chi connectivity index (χ2v) is 6.74. The summed E-state index contributed by atoms with van der Waals surface area (Å²) in [6.45, 7) is 6.62. The van der Waals surface area contributed by atoms with Gasteiger partial charge in [-0.2, -0.15) is 4.57 Å². The summed E-state index contributed by atoms with van der Waals surface area (Å²) >= 11 is 1.87.